The molecule has 1 aliphatic heterocycles. The first-order valence-electron chi connectivity index (χ1n) is 5.60. The van der Waals surface area contributed by atoms with Crippen molar-refractivity contribution in [1.82, 2.24) is 15.2 Å². The summed E-state index contributed by atoms with van der Waals surface area (Å²) in [4.78, 5) is 11.1. The summed E-state index contributed by atoms with van der Waals surface area (Å²) in [7, 11) is 2.06. The van der Waals surface area contributed by atoms with Crippen LogP contribution < -0.4 is 5.32 Å². The van der Waals surface area contributed by atoms with Gasteiger partial charge in [0.2, 0.25) is 0 Å². The first-order chi connectivity index (χ1) is 7.66. The summed E-state index contributed by atoms with van der Waals surface area (Å²) in [6.45, 7) is 7.02. The monoisotopic (exact) mass is 366 g/mol. The van der Waals surface area contributed by atoms with Gasteiger partial charge < -0.3 is 10.2 Å². The maximum absolute atomic E-state index is 4.58. The van der Waals surface area contributed by atoms with Gasteiger partial charge in [-0.1, -0.05) is 13.8 Å². The average Bonchev–Trinajstić information content (AvgIpc) is 2.83. The zero-order chi connectivity index (χ0) is 11.5. The minimum absolute atomic E-state index is 0. The van der Waals surface area contributed by atoms with E-state index in [1.165, 1.54) is 5.69 Å². The van der Waals surface area contributed by atoms with E-state index in [2.05, 4.69) is 46.5 Å². The fourth-order valence-electron chi connectivity index (χ4n) is 1.55. The lowest BCUT2D eigenvalue weighted by Gasteiger charge is -2.14. The van der Waals surface area contributed by atoms with Crippen molar-refractivity contribution in [3.63, 3.8) is 0 Å². The standard InChI is InChI=1S/C11H18N4S.HI/c1-8(2)9-7-16-10(14-9)6-13-11-12-4-5-15(11)3;/h7-8H,4-6H2,1-3H3,(H,12,13);1H. The lowest BCUT2D eigenvalue weighted by molar-refractivity contribution is 0.533. The minimum atomic E-state index is 0. The number of likely N-dealkylation sites (N-methyl/N-ethyl adjacent to an activating group) is 1. The zero-order valence-electron chi connectivity index (χ0n) is 10.4. The summed E-state index contributed by atoms with van der Waals surface area (Å²) in [6.07, 6.45) is 0. The third-order valence-corrected chi connectivity index (χ3v) is 3.48. The molecule has 1 N–H and O–H groups in total. The van der Waals surface area contributed by atoms with Crippen molar-refractivity contribution in [2.24, 2.45) is 4.99 Å². The van der Waals surface area contributed by atoms with Gasteiger partial charge in [0.25, 0.3) is 0 Å². The van der Waals surface area contributed by atoms with Gasteiger partial charge in [-0.3, -0.25) is 4.99 Å². The van der Waals surface area contributed by atoms with Gasteiger partial charge in [-0.15, -0.1) is 35.3 Å². The van der Waals surface area contributed by atoms with Crippen LogP contribution in [0.3, 0.4) is 0 Å². The molecule has 0 radical (unpaired) electrons. The second kappa shape index (κ2) is 6.53. The fraction of sp³-hybridized carbons (Fsp3) is 0.636. The number of hydrogen-bond donors (Lipinski definition) is 1. The molecule has 0 aliphatic carbocycles. The smallest absolute Gasteiger partial charge is 0.194 e. The van der Waals surface area contributed by atoms with Crippen molar-refractivity contribution in [2.45, 2.75) is 26.3 Å². The molecular weight excluding hydrogens is 347 g/mol. The van der Waals surface area contributed by atoms with Gasteiger partial charge >= 0.3 is 0 Å². The Kier molecular flexibility index (Phi) is 5.64. The van der Waals surface area contributed by atoms with E-state index in [1.807, 2.05) is 0 Å². The highest BCUT2D eigenvalue weighted by molar-refractivity contribution is 14.0. The van der Waals surface area contributed by atoms with Crippen molar-refractivity contribution in [3.05, 3.63) is 16.1 Å². The summed E-state index contributed by atoms with van der Waals surface area (Å²) >= 11 is 1.72. The molecule has 96 valence electrons. The summed E-state index contributed by atoms with van der Waals surface area (Å²) in [5.74, 6) is 1.50. The van der Waals surface area contributed by atoms with E-state index in [0.29, 0.717) is 5.92 Å². The van der Waals surface area contributed by atoms with Crippen LogP contribution in [0.25, 0.3) is 0 Å². The predicted molar refractivity (Wildman–Crippen MR) is 83.4 cm³/mol. The lowest BCUT2D eigenvalue weighted by Crippen LogP contribution is -2.35. The lowest BCUT2D eigenvalue weighted by atomic mass is 10.2. The van der Waals surface area contributed by atoms with Gasteiger partial charge in [-0.25, -0.2) is 4.98 Å². The molecule has 17 heavy (non-hydrogen) atoms. The van der Waals surface area contributed by atoms with E-state index < -0.39 is 0 Å². The Balaban J connectivity index is 0.00000144. The number of aromatic nitrogens is 1. The minimum Gasteiger partial charge on any atom is -0.350 e. The van der Waals surface area contributed by atoms with E-state index in [1.54, 1.807) is 11.3 Å². The number of thiazole rings is 1. The SMILES string of the molecule is CC(C)c1csc(CNC2=NCCN2C)n1.I. The van der Waals surface area contributed by atoms with Crippen LogP contribution in [0.2, 0.25) is 0 Å². The van der Waals surface area contributed by atoms with E-state index in [0.717, 1.165) is 30.6 Å². The molecule has 1 aromatic rings. The van der Waals surface area contributed by atoms with E-state index in [4.69, 9.17) is 0 Å². The van der Waals surface area contributed by atoms with Gasteiger partial charge in [0.05, 0.1) is 18.8 Å². The molecule has 0 unspecified atom stereocenters. The van der Waals surface area contributed by atoms with Crippen molar-refractivity contribution >= 4 is 41.3 Å². The Morgan fingerprint density at radius 3 is 2.82 bits per heavy atom. The second-order valence-corrected chi connectivity index (χ2v) is 5.24. The molecule has 2 rings (SSSR count). The van der Waals surface area contributed by atoms with Gasteiger partial charge in [0.1, 0.15) is 5.01 Å². The molecular formula is C11H19IN4S. The highest BCUT2D eigenvalue weighted by Crippen LogP contribution is 2.17. The number of nitrogens with zero attached hydrogens (tertiary/aromatic N) is 3. The molecule has 4 nitrogen and oxygen atoms in total. The maximum atomic E-state index is 4.58. The molecule has 0 aromatic carbocycles. The zero-order valence-corrected chi connectivity index (χ0v) is 13.6. The van der Waals surface area contributed by atoms with Gasteiger partial charge in [-0.05, 0) is 5.92 Å². The van der Waals surface area contributed by atoms with Crippen LogP contribution in [0.4, 0.5) is 0 Å². The molecule has 0 saturated heterocycles. The maximum Gasteiger partial charge on any atom is 0.194 e. The van der Waals surface area contributed by atoms with E-state index >= 15 is 0 Å². The third-order valence-electron chi connectivity index (χ3n) is 2.62. The molecule has 0 fully saturated rings. The highest BCUT2D eigenvalue weighted by atomic mass is 127. The summed E-state index contributed by atoms with van der Waals surface area (Å²) in [5, 5.41) is 6.60. The third kappa shape index (κ3) is 3.80. The molecule has 0 amide bonds. The van der Waals surface area contributed by atoms with E-state index in [-0.39, 0.29) is 24.0 Å². The topological polar surface area (TPSA) is 40.5 Å². The first-order valence-corrected chi connectivity index (χ1v) is 6.48. The summed E-state index contributed by atoms with van der Waals surface area (Å²) < 4.78 is 0. The molecule has 0 bridgehead atoms. The normalized spacial score (nSPS) is 14.8. The number of rotatable bonds is 3. The largest absolute Gasteiger partial charge is 0.350 e. The molecule has 0 spiro atoms. The molecule has 0 atom stereocenters. The van der Waals surface area contributed by atoms with Gasteiger partial charge in [0.15, 0.2) is 5.96 Å². The van der Waals surface area contributed by atoms with E-state index in [9.17, 15) is 0 Å². The number of hydrogen-bond acceptors (Lipinski definition) is 5. The highest BCUT2D eigenvalue weighted by Gasteiger charge is 2.12. The molecule has 1 aliphatic rings. The van der Waals surface area contributed by atoms with Crippen LogP contribution >= 0.6 is 35.3 Å². The average molecular weight is 366 g/mol. The fourth-order valence-corrected chi connectivity index (χ4v) is 2.44. The van der Waals surface area contributed by atoms with Crippen molar-refractivity contribution < 1.29 is 0 Å². The van der Waals surface area contributed by atoms with Gasteiger partial charge in [-0.2, -0.15) is 0 Å². The second-order valence-electron chi connectivity index (χ2n) is 4.30. The quantitative estimate of drug-likeness (QED) is 0.835. The number of aliphatic imine (C=N–C) groups is 1. The van der Waals surface area contributed by atoms with Crippen molar-refractivity contribution in [3.8, 4) is 0 Å². The molecule has 0 saturated carbocycles. The van der Waals surface area contributed by atoms with Crippen molar-refractivity contribution in [1.29, 1.82) is 0 Å². The Morgan fingerprint density at radius 1 is 1.53 bits per heavy atom. The molecule has 2 heterocycles. The number of guanidine groups is 1. The summed E-state index contributed by atoms with van der Waals surface area (Å²) in [6, 6.07) is 0. The Bertz CT molecular complexity index is 389. The molecule has 6 heteroatoms. The Labute approximate surface area is 124 Å². The molecule has 1 aromatic heterocycles. The Hall–Kier alpha value is -0.370. The summed E-state index contributed by atoms with van der Waals surface area (Å²) in [5.41, 5.74) is 1.18. The van der Waals surface area contributed by atoms with Crippen LogP contribution in [-0.2, 0) is 6.54 Å². The van der Waals surface area contributed by atoms with Crippen LogP contribution in [0, 0.1) is 0 Å². The van der Waals surface area contributed by atoms with Gasteiger partial charge in [0, 0.05) is 19.0 Å². The number of nitrogens with one attached hydrogen (secondary N) is 1. The number of halogens is 1. The Morgan fingerprint density at radius 2 is 2.29 bits per heavy atom. The first kappa shape index (κ1) is 14.7. The van der Waals surface area contributed by atoms with Crippen LogP contribution in [0.15, 0.2) is 10.4 Å². The van der Waals surface area contributed by atoms with Crippen molar-refractivity contribution in [2.75, 3.05) is 20.1 Å². The van der Waals surface area contributed by atoms with Crippen LogP contribution in [0.1, 0.15) is 30.5 Å². The van der Waals surface area contributed by atoms with Crippen LogP contribution in [-0.4, -0.2) is 36.0 Å². The van der Waals surface area contributed by atoms with Crippen LogP contribution in [0.5, 0.6) is 0 Å². The predicted octanol–water partition coefficient (Wildman–Crippen LogP) is 2.28.